The standard InChI is InChI=1S/C12H20N2O3S/c1-9-14(10(8-18-9)11(15)16)12(17)13-6-4-2-3-5-7-13/h9-10H,2-8H2,1H3,(H,15,16). The summed E-state index contributed by atoms with van der Waals surface area (Å²) in [5, 5.41) is 9.14. The Morgan fingerprint density at radius 3 is 2.33 bits per heavy atom. The number of carboxylic acids is 1. The van der Waals surface area contributed by atoms with Gasteiger partial charge in [-0.3, -0.25) is 4.90 Å². The lowest BCUT2D eigenvalue weighted by Gasteiger charge is -2.31. The third kappa shape index (κ3) is 2.74. The minimum Gasteiger partial charge on any atom is -0.480 e. The molecule has 2 heterocycles. The summed E-state index contributed by atoms with van der Waals surface area (Å²) in [5.74, 6) is -0.397. The number of urea groups is 1. The van der Waals surface area contributed by atoms with Crippen LogP contribution >= 0.6 is 11.8 Å². The molecule has 0 saturated carbocycles. The fourth-order valence-corrected chi connectivity index (χ4v) is 3.71. The van der Waals surface area contributed by atoms with E-state index in [1.54, 1.807) is 4.90 Å². The first-order valence-corrected chi connectivity index (χ1v) is 7.58. The summed E-state index contributed by atoms with van der Waals surface area (Å²) in [6.07, 6.45) is 4.38. The average molecular weight is 272 g/mol. The summed E-state index contributed by atoms with van der Waals surface area (Å²) in [7, 11) is 0. The lowest BCUT2D eigenvalue weighted by molar-refractivity contribution is -0.141. The molecule has 2 aliphatic heterocycles. The number of rotatable bonds is 1. The van der Waals surface area contributed by atoms with Gasteiger partial charge in [0.1, 0.15) is 6.04 Å². The molecule has 102 valence electrons. The maximum Gasteiger partial charge on any atom is 0.327 e. The van der Waals surface area contributed by atoms with Crippen LogP contribution in [-0.4, -0.2) is 57.2 Å². The molecule has 2 rings (SSSR count). The van der Waals surface area contributed by atoms with Crippen LogP contribution in [0.2, 0.25) is 0 Å². The van der Waals surface area contributed by atoms with Crippen LogP contribution in [0, 0.1) is 0 Å². The lowest BCUT2D eigenvalue weighted by atomic mass is 10.2. The van der Waals surface area contributed by atoms with Crippen LogP contribution in [0.4, 0.5) is 4.79 Å². The van der Waals surface area contributed by atoms with E-state index in [1.165, 1.54) is 11.8 Å². The normalized spacial score (nSPS) is 29.2. The number of thioether (sulfide) groups is 1. The molecule has 0 radical (unpaired) electrons. The second kappa shape index (κ2) is 5.82. The van der Waals surface area contributed by atoms with Crippen molar-refractivity contribution in [2.75, 3.05) is 18.8 Å². The Labute approximate surface area is 112 Å². The van der Waals surface area contributed by atoms with Gasteiger partial charge < -0.3 is 10.0 Å². The molecule has 2 aliphatic rings. The summed E-state index contributed by atoms with van der Waals surface area (Å²) in [6.45, 7) is 3.43. The molecule has 5 nitrogen and oxygen atoms in total. The molecule has 0 aromatic rings. The number of carbonyl (C=O) groups excluding carboxylic acids is 1. The van der Waals surface area contributed by atoms with Crippen molar-refractivity contribution in [2.24, 2.45) is 0 Å². The Bertz CT molecular complexity index is 329. The Morgan fingerprint density at radius 2 is 1.78 bits per heavy atom. The van der Waals surface area contributed by atoms with Crippen LogP contribution in [-0.2, 0) is 4.79 Å². The first kappa shape index (κ1) is 13.5. The lowest BCUT2D eigenvalue weighted by Crippen LogP contribution is -2.51. The highest BCUT2D eigenvalue weighted by molar-refractivity contribution is 8.00. The highest BCUT2D eigenvalue weighted by atomic mass is 32.2. The second-order valence-electron chi connectivity index (χ2n) is 4.88. The van der Waals surface area contributed by atoms with Crippen LogP contribution < -0.4 is 0 Å². The first-order valence-electron chi connectivity index (χ1n) is 6.53. The summed E-state index contributed by atoms with van der Waals surface area (Å²) >= 11 is 1.54. The molecule has 2 atom stereocenters. The number of carbonyl (C=O) groups is 2. The predicted molar refractivity (Wildman–Crippen MR) is 70.6 cm³/mol. The molecule has 2 unspecified atom stereocenters. The number of likely N-dealkylation sites (tertiary alicyclic amines) is 1. The molecule has 18 heavy (non-hydrogen) atoms. The van der Waals surface area contributed by atoms with Gasteiger partial charge >= 0.3 is 12.0 Å². The molecule has 1 N–H and O–H groups in total. The highest BCUT2D eigenvalue weighted by Crippen LogP contribution is 2.30. The topological polar surface area (TPSA) is 60.9 Å². The zero-order valence-electron chi connectivity index (χ0n) is 10.7. The van der Waals surface area contributed by atoms with E-state index in [9.17, 15) is 14.7 Å². The minimum absolute atomic E-state index is 0.0400. The van der Waals surface area contributed by atoms with Gasteiger partial charge in [0.2, 0.25) is 0 Å². The number of aliphatic carboxylic acids is 1. The van der Waals surface area contributed by atoms with Crippen LogP contribution in [0.5, 0.6) is 0 Å². The van der Waals surface area contributed by atoms with Crippen molar-refractivity contribution in [3.05, 3.63) is 0 Å². The third-order valence-electron chi connectivity index (χ3n) is 3.61. The molecule has 0 aromatic heterocycles. The van der Waals surface area contributed by atoms with E-state index < -0.39 is 12.0 Å². The maximum atomic E-state index is 12.5. The van der Waals surface area contributed by atoms with Crippen LogP contribution in [0.25, 0.3) is 0 Å². The largest absolute Gasteiger partial charge is 0.480 e. The van der Waals surface area contributed by atoms with Gasteiger partial charge in [0.05, 0.1) is 5.37 Å². The van der Waals surface area contributed by atoms with Crippen molar-refractivity contribution in [3.8, 4) is 0 Å². The van der Waals surface area contributed by atoms with Gasteiger partial charge in [-0.05, 0) is 19.8 Å². The third-order valence-corrected chi connectivity index (χ3v) is 4.82. The van der Waals surface area contributed by atoms with E-state index in [-0.39, 0.29) is 11.4 Å². The van der Waals surface area contributed by atoms with Gasteiger partial charge in [0.25, 0.3) is 0 Å². The summed E-state index contributed by atoms with van der Waals surface area (Å²) in [6, 6.07) is -0.762. The SMILES string of the molecule is CC1SCC(C(=O)O)N1C(=O)N1CCCCCC1. The van der Waals surface area contributed by atoms with Crippen molar-refractivity contribution in [1.82, 2.24) is 9.80 Å². The van der Waals surface area contributed by atoms with Crippen molar-refractivity contribution in [1.29, 1.82) is 0 Å². The van der Waals surface area contributed by atoms with Gasteiger partial charge in [-0.15, -0.1) is 11.8 Å². The Hall–Kier alpha value is -0.910. The van der Waals surface area contributed by atoms with Crippen LogP contribution in [0.3, 0.4) is 0 Å². The van der Waals surface area contributed by atoms with Gasteiger partial charge in [0.15, 0.2) is 0 Å². The summed E-state index contributed by atoms with van der Waals surface area (Å²) in [5.41, 5.74) is 0. The fraction of sp³-hybridized carbons (Fsp3) is 0.833. The number of hydrogen-bond acceptors (Lipinski definition) is 3. The Balaban J connectivity index is 2.07. The van der Waals surface area contributed by atoms with E-state index >= 15 is 0 Å². The van der Waals surface area contributed by atoms with Crippen molar-refractivity contribution < 1.29 is 14.7 Å². The molecular weight excluding hydrogens is 252 g/mol. The number of hydrogen-bond donors (Lipinski definition) is 1. The quantitative estimate of drug-likeness (QED) is 0.791. The summed E-state index contributed by atoms with van der Waals surface area (Å²) < 4.78 is 0. The van der Waals surface area contributed by atoms with E-state index in [0.717, 1.165) is 38.8 Å². The summed E-state index contributed by atoms with van der Waals surface area (Å²) in [4.78, 5) is 27.0. The van der Waals surface area contributed by atoms with Crippen molar-refractivity contribution in [2.45, 2.75) is 44.0 Å². The van der Waals surface area contributed by atoms with E-state index in [0.29, 0.717) is 5.75 Å². The molecule has 2 fully saturated rings. The van der Waals surface area contributed by atoms with Gasteiger partial charge in [-0.25, -0.2) is 9.59 Å². The number of carboxylic acid groups (broad SMARTS) is 1. The molecular formula is C12H20N2O3S. The van der Waals surface area contributed by atoms with Crippen LogP contribution in [0.15, 0.2) is 0 Å². The zero-order valence-corrected chi connectivity index (χ0v) is 11.5. The average Bonchev–Trinajstić information content (AvgIpc) is 2.56. The van der Waals surface area contributed by atoms with Gasteiger partial charge in [-0.2, -0.15) is 0 Å². The zero-order chi connectivity index (χ0) is 13.1. The fourth-order valence-electron chi connectivity index (χ4n) is 2.55. The van der Waals surface area contributed by atoms with Crippen molar-refractivity contribution >= 4 is 23.8 Å². The number of amides is 2. The molecule has 0 bridgehead atoms. The molecule has 6 heteroatoms. The smallest absolute Gasteiger partial charge is 0.327 e. The molecule has 0 spiro atoms. The van der Waals surface area contributed by atoms with Crippen molar-refractivity contribution in [3.63, 3.8) is 0 Å². The molecule has 0 aromatic carbocycles. The first-order chi connectivity index (χ1) is 8.61. The van der Waals surface area contributed by atoms with E-state index in [1.807, 2.05) is 11.8 Å². The number of nitrogens with zero attached hydrogens (tertiary/aromatic N) is 2. The minimum atomic E-state index is -0.893. The van der Waals surface area contributed by atoms with E-state index in [2.05, 4.69) is 0 Å². The monoisotopic (exact) mass is 272 g/mol. The highest BCUT2D eigenvalue weighted by Gasteiger charge is 2.41. The second-order valence-corrected chi connectivity index (χ2v) is 6.23. The Kier molecular flexibility index (Phi) is 4.37. The maximum absolute atomic E-state index is 12.5. The van der Waals surface area contributed by atoms with Gasteiger partial charge in [-0.1, -0.05) is 12.8 Å². The Morgan fingerprint density at radius 1 is 1.17 bits per heavy atom. The predicted octanol–water partition coefficient (Wildman–Crippen LogP) is 1.83. The van der Waals surface area contributed by atoms with Crippen LogP contribution in [0.1, 0.15) is 32.6 Å². The molecule has 2 saturated heterocycles. The molecule has 2 amide bonds. The van der Waals surface area contributed by atoms with E-state index in [4.69, 9.17) is 0 Å². The molecule has 0 aliphatic carbocycles. The van der Waals surface area contributed by atoms with Gasteiger partial charge in [0, 0.05) is 18.8 Å².